The van der Waals surface area contributed by atoms with E-state index in [1.54, 1.807) is 24.3 Å². The molecule has 1 atom stereocenters. The zero-order valence-corrected chi connectivity index (χ0v) is 10.1. The Hall–Kier alpha value is -1.66. The molecular formula is C11H14BF3NO2-. The summed E-state index contributed by atoms with van der Waals surface area (Å²) in [6, 6.07) is 6.38. The van der Waals surface area contributed by atoms with E-state index in [2.05, 4.69) is 5.32 Å². The molecule has 1 amide bonds. The van der Waals surface area contributed by atoms with Crippen molar-refractivity contribution in [3.05, 3.63) is 24.3 Å². The summed E-state index contributed by atoms with van der Waals surface area (Å²) in [6.07, 6.45) is -1.07. The number of halogens is 3. The van der Waals surface area contributed by atoms with Gasteiger partial charge >= 0.3 is 6.98 Å². The predicted octanol–water partition coefficient (Wildman–Crippen LogP) is 3.12. The summed E-state index contributed by atoms with van der Waals surface area (Å²) in [6.45, 7) is -3.69. The molecule has 1 aromatic rings. The van der Waals surface area contributed by atoms with Gasteiger partial charge in [-0.2, -0.15) is 0 Å². The molecule has 0 aromatic heterocycles. The summed E-state index contributed by atoms with van der Waals surface area (Å²) in [5.74, 6) is -1.12. The van der Waals surface area contributed by atoms with E-state index in [0.717, 1.165) is 0 Å². The van der Waals surface area contributed by atoms with E-state index in [1.165, 1.54) is 14.0 Å². The molecule has 0 fully saturated rings. The molecule has 0 spiro atoms. The van der Waals surface area contributed by atoms with E-state index in [0.29, 0.717) is 11.4 Å². The summed E-state index contributed by atoms with van der Waals surface area (Å²) < 4.78 is 41.4. The van der Waals surface area contributed by atoms with Gasteiger partial charge in [-0.1, -0.05) is 13.2 Å². The van der Waals surface area contributed by atoms with Crippen LogP contribution in [0.5, 0.6) is 5.75 Å². The second-order valence-corrected chi connectivity index (χ2v) is 4.06. The number of methoxy groups -OCH3 is 1. The van der Waals surface area contributed by atoms with Gasteiger partial charge in [-0.05, 0) is 24.3 Å². The lowest BCUT2D eigenvalue weighted by Gasteiger charge is -2.19. The predicted molar refractivity (Wildman–Crippen MR) is 64.7 cm³/mol. The van der Waals surface area contributed by atoms with Gasteiger partial charge in [-0.25, -0.2) is 0 Å². The molecule has 1 N–H and O–H groups in total. The van der Waals surface area contributed by atoms with Gasteiger partial charge in [0.1, 0.15) is 5.75 Å². The highest BCUT2D eigenvalue weighted by molar-refractivity contribution is 6.58. The van der Waals surface area contributed by atoms with Crippen LogP contribution in [0.4, 0.5) is 18.6 Å². The zero-order chi connectivity index (χ0) is 13.8. The van der Waals surface area contributed by atoms with Gasteiger partial charge < -0.3 is 23.0 Å². The minimum atomic E-state index is -4.95. The highest BCUT2D eigenvalue weighted by atomic mass is 19.4. The van der Waals surface area contributed by atoms with Crippen LogP contribution in [0.25, 0.3) is 0 Å². The number of carbonyl (C=O) groups excluding carboxylic acids is 1. The number of rotatable bonds is 5. The van der Waals surface area contributed by atoms with Crippen molar-refractivity contribution in [3.8, 4) is 5.75 Å². The van der Waals surface area contributed by atoms with Crippen LogP contribution in [-0.2, 0) is 4.79 Å². The molecule has 1 rings (SSSR count). The molecule has 0 aliphatic carbocycles. The molecule has 18 heavy (non-hydrogen) atoms. The maximum atomic E-state index is 12.2. The fraction of sp³-hybridized carbons (Fsp3) is 0.364. The van der Waals surface area contributed by atoms with Crippen LogP contribution in [-0.4, -0.2) is 20.0 Å². The Kier molecular flexibility index (Phi) is 4.64. The largest absolute Gasteiger partial charge is 0.497 e. The van der Waals surface area contributed by atoms with Gasteiger partial charge in [0.15, 0.2) is 0 Å². The maximum Gasteiger partial charge on any atom is 0.479 e. The average molecular weight is 260 g/mol. The molecule has 7 heteroatoms. The van der Waals surface area contributed by atoms with Gasteiger partial charge in [-0.3, -0.25) is 4.79 Å². The number of benzene rings is 1. The molecule has 0 bridgehead atoms. The first-order valence-electron chi connectivity index (χ1n) is 5.48. The third kappa shape index (κ3) is 4.69. The fourth-order valence-corrected chi connectivity index (χ4v) is 1.45. The van der Waals surface area contributed by atoms with Crippen LogP contribution < -0.4 is 10.1 Å². The van der Waals surface area contributed by atoms with Crippen molar-refractivity contribution in [2.24, 2.45) is 5.92 Å². The average Bonchev–Trinajstić information content (AvgIpc) is 2.27. The lowest BCUT2D eigenvalue weighted by molar-refractivity contribution is -0.119. The van der Waals surface area contributed by atoms with Gasteiger partial charge in [0, 0.05) is 11.6 Å². The quantitative estimate of drug-likeness (QED) is 0.826. The summed E-state index contributed by atoms with van der Waals surface area (Å²) in [5.41, 5.74) is 0.447. The van der Waals surface area contributed by atoms with Crippen LogP contribution in [0.2, 0.25) is 6.32 Å². The smallest absolute Gasteiger partial charge is 0.479 e. The van der Waals surface area contributed by atoms with Crippen LogP contribution in [0.3, 0.4) is 0 Å². The Labute approximate surface area is 103 Å². The molecule has 1 unspecified atom stereocenters. The van der Waals surface area contributed by atoms with Gasteiger partial charge in [0.2, 0.25) is 5.91 Å². The van der Waals surface area contributed by atoms with E-state index in [4.69, 9.17) is 4.74 Å². The molecular weight excluding hydrogens is 246 g/mol. The Balaban J connectivity index is 2.58. The molecule has 0 saturated carbocycles. The monoisotopic (exact) mass is 260 g/mol. The van der Waals surface area contributed by atoms with E-state index in [9.17, 15) is 17.7 Å². The van der Waals surface area contributed by atoms with Crippen molar-refractivity contribution in [1.29, 1.82) is 0 Å². The van der Waals surface area contributed by atoms with Crippen molar-refractivity contribution < 1.29 is 22.5 Å². The Morgan fingerprint density at radius 2 is 1.89 bits per heavy atom. The van der Waals surface area contributed by atoms with E-state index in [1.807, 2.05) is 0 Å². The Morgan fingerprint density at radius 1 is 1.33 bits per heavy atom. The summed E-state index contributed by atoms with van der Waals surface area (Å²) in [4.78, 5) is 11.5. The number of ether oxygens (including phenoxy) is 1. The fourth-order valence-electron chi connectivity index (χ4n) is 1.45. The molecule has 0 radical (unpaired) electrons. The minimum absolute atomic E-state index is 0.447. The standard InChI is InChI=1S/C11H14BF3NO2/c1-8(7-12(13,14)15)11(17)16-9-3-5-10(18-2)6-4-9/h3-6,8H,7H2,1-2H3,(H,16,17)/q-1. The van der Waals surface area contributed by atoms with Crippen molar-refractivity contribution in [3.63, 3.8) is 0 Å². The van der Waals surface area contributed by atoms with Crippen molar-refractivity contribution in [2.75, 3.05) is 12.4 Å². The SMILES string of the molecule is COc1ccc(NC(=O)C(C)C[B-](F)(F)F)cc1. The normalized spacial score (nSPS) is 12.9. The summed E-state index contributed by atoms with van der Waals surface area (Å²) in [7, 11) is 1.50. The minimum Gasteiger partial charge on any atom is -0.497 e. The van der Waals surface area contributed by atoms with Crippen molar-refractivity contribution in [2.45, 2.75) is 13.2 Å². The van der Waals surface area contributed by atoms with Crippen LogP contribution >= 0.6 is 0 Å². The second-order valence-electron chi connectivity index (χ2n) is 4.06. The van der Waals surface area contributed by atoms with Crippen LogP contribution in [0.15, 0.2) is 24.3 Å². The molecule has 100 valence electrons. The van der Waals surface area contributed by atoms with Crippen LogP contribution in [0, 0.1) is 5.92 Å². The van der Waals surface area contributed by atoms with Crippen molar-refractivity contribution >= 4 is 18.6 Å². The number of amides is 1. The first kappa shape index (κ1) is 14.4. The summed E-state index contributed by atoms with van der Waals surface area (Å²) >= 11 is 0. The first-order chi connectivity index (χ1) is 8.31. The number of nitrogens with one attached hydrogen (secondary N) is 1. The van der Waals surface area contributed by atoms with Gasteiger partial charge in [0.25, 0.3) is 0 Å². The first-order valence-corrected chi connectivity index (χ1v) is 5.48. The Morgan fingerprint density at radius 3 is 2.33 bits per heavy atom. The highest BCUT2D eigenvalue weighted by Gasteiger charge is 2.28. The molecule has 0 aliphatic heterocycles. The zero-order valence-electron chi connectivity index (χ0n) is 10.1. The third-order valence-electron chi connectivity index (χ3n) is 2.43. The number of hydrogen-bond donors (Lipinski definition) is 1. The van der Waals surface area contributed by atoms with Crippen molar-refractivity contribution in [1.82, 2.24) is 0 Å². The molecule has 0 heterocycles. The Bertz CT molecular complexity index is 406. The molecule has 0 aliphatic rings. The second kappa shape index (κ2) is 5.79. The number of hydrogen-bond acceptors (Lipinski definition) is 2. The van der Waals surface area contributed by atoms with E-state index < -0.39 is 25.1 Å². The van der Waals surface area contributed by atoms with Gasteiger partial charge in [0.05, 0.1) is 7.11 Å². The van der Waals surface area contributed by atoms with E-state index >= 15 is 0 Å². The van der Waals surface area contributed by atoms with Gasteiger partial charge in [-0.15, -0.1) is 0 Å². The van der Waals surface area contributed by atoms with Crippen LogP contribution in [0.1, 0.15) is 6.92 Å². The number of anilines is 1. The summed E-state index contributed by atoms with van der Waals surface area (Å²) in [5, 5.41) is 2.43. The lowest BCUT2D eigenvalue weighted by atomic mass is 9.78. The molecule has 0 saturated heterocycles. The lowest BCUT2D eigenvalue weighted by Crippen LogP contribution is -2.27. The highest BCUT2D eigenvalue weighted by Crippen LogP contribution is 2.22. The third-order valence-corrected chi connectivity index (χ3v) is 2.43. The number of carbonyl (C=O) groups is 1. The topological polar surface area (TPSA) is 38.3 Å². The maximum absolute atomic E-state index is 12.2. The molecule has 1 aromatic carbocycles. The van der Waals surface area contributed by atoms with E-state index in [-0.39, 0.29) is 0 Å². The molecule has 3 nitrogen and oxygen atoms in total.